The molecule has 0 radical (unpaired) electrons. The molecule has 2 aliphatic rings. The van der Waals surface area contributed by atoms with E-state index in [1.165, 1.54) is 0 Å². The van der Waals surface area contributed by atoms with E-state index in [2.05, 4.69) is 11.0 Å². The van der Waals surface area contributed by atoms with Crippen molar-refractivity contribution in [2.75, 3.05) is 6.54 Å². The van der Waals surface area contributed by atoms with Gasteiger partial charge in [-0.25, -0.2) is 0 Å². The zero-order valence-corrected chi connectivity index (χ0v) is 10.9. The van der Waals surface area contributed by atoms with Gasteiger partial charge in [-0.15, -0.1) is 0 Å². The van der Waals surface area contributed by atoms with Gasteiger partial charge in [0.2, 0.25) is 0 Å². The molecular formula is C14H21NO3. The van der Waals surface area contributed by atoms with E-state index < -0.39 is 5.97 Å². The van der Waals surface area contributed by atoms with Crippen LogP contribution in [0, 0.1) is 0 Å². The first kappa shape index (κ1) is 13.3. The first-order valence-electron chi connectivity index (χ1n) is 6.78. The Morgan fingerprint density at radius 3 is 2.83 bits per heavy atom. The Bertz CT molecular complexity index is 375. The minimum Gasteiger partial charge on any atom is -0.481 e. The molecular weight excluding hydrogens is 230 g/mol. The fourth-order valence-electron chi connectivity index (χ4n) is 3.28. The summed E-state index contributed by atoms with van der Waals surface area (Å²) in [5, 5.41) is 8.70. The lowest BCUT2D eigenvalue weighted by Gasteiger charge is -2.29. The molecule has 1 N–H and O–H groups in total. The van der Waals surface area contributed by atoms with Crippen molar-refractivity contribution in [2.24, 2.45) is 0 Å². The first-order chi connectivity index (χ1) is 8.59. The Labute approximate surface area is 108 Å². The van der Waals surface area contributed by atoms with Crippen LogP contribution in [0.1, 0.15) is 45.4 Å². The van der Waals surface area contributed by atoms with Crippen molar-refractivity contribution >= 4 is 11.8 Å². The number of carboxylic acid groups (broad SMARTS) is 1. The molecule has 0 aromatic heterocycles. The minimum absolute atomic E-state index is 0.172. The lowest BCUT2D eigenvalue weighted by molar-refractivity contribution is -0.137. The van der Waals surface area contributed by atoms with Crippen LogP contribution >= 0.6 is 0 Å². The predicted molar refractivity (Wildman–Crippen MR) is 68.4 cm³/mol. The Morgan fingerprint density at radius 1 is 1.39 bits per heavy atom. The molecule has 1 saturated heterocycles. The molecule has 2 unspecified atom stereocenters. The van der Waals surface area contributed by atoms with Crippen LogP contribution in [-0.4, -0.2) is 40.4 Å². The number of rotatable bonds is 5. The number of fused-ring (bicyclic) bond motifs is 2. The predicted octanol–water partition coefficient (Wildman–Crippen LogP) is 1.99. The van der Waals surface area contributed by atoms with Crippen molar-refractivity contribution in [3.63, 3.8) is 0 Å². The maximum atomic E-state index is 11.7. The van der Waals surface area contributed by atoms with Crippen molar-refractivity contribution in [1.29, 1.82) is 0 Å². The second kappa shape index (κ2) is 5.65. The van der Waals surface area contributed by atoms with E-state index in [9.17, 15) is 9.59 Å². The highest BCUT2D eigenvalue weighted by Gasteiger charge is 2.37. The molecule has 0 amide bonds. The number of ketones is 1. The largest absolute Gasteiger partial charge is 0.481 e. The summed E-state index contributed by atoms with van der Waals surface area (Å²) in [4.78, 5) is 24.6. The summed E-state index contributed by atoms with van der Waals surface area (Å²) in [6.07, 6.45) is 7.25. The monoisotopic (exact) mass is 251 g/mol. The number of aliphatic carboxylic acids is 1. The van der Waals surface area contributed by atoms with Crippen LogP contribution in [0.25, 0.3) is 0 Å². The van der Waals surface area contributed by atoms with E-state index in [-0.39, 0.29) is 18.2 Å². The van der Waals surface area contributed by atoms with E-state index in [1.807, 2.05) is 0 Å². The second-order valence-corrected chi connectivity index (χ2v) is 5.28. The van der Waals surface area contributed by atoms with Crippen molar-refractivity contribution in [3.05, 3.63) is 11.6 Å². The van der Waals surface area contributed by atoms with Crippen LogP contribution < -0.4 is 0 Å². The minimum atomic E-state index is -0.737. The van der Waals surface area contributed by atoms with Gasteiger partial charge >= 0.3 is 5.97 Å². The molecule has 4 heteroatoms. The summed E-state index contributed by atoms with van der Waals surface area (Å²) in [5.74, 6) is -0.565. The molecule has 2 atom stereocenters. The van der Waals surface area contributed by atoms with Gasteiger partial charge in [0.05, 0.1) is 0 Å². The lowest BCUT2D eigenvalue weighted by Crippen LogP contribution is -2.38. The van der Waals surface area contributed by atoms with Crippen LogP contribution in [0.2, 0.25) is 0 Å². The zero-order chi connectivity index (χ0) is 13.1. The molecule has 4 nitrogen and oxygen atoms in total. The quantitative estimate of drug-likeness (QED) is 0.812. The van der Waals surface area contributed by atoms with Gasteiger partial charge in [0.15, 0.2) is 5.78 Å². The van der Waals surface area contributed by atoms with Crippen molar-refractivity contribution in [3.8, 4) is 0 Å². The Balaban J connectivity index is 2.03. The lowest BCUT2D eigenvalue weighted by atomic mass is 9.97. The first-order valence-corrected chi connectivity index (χ1v) is 6.78. The smallest absolute Gasteiger partial charge is 0.303 e. The molecule has 0 aliphatic carbocycles. The molecule has 0 spiro atoms. The Morgan fingerprint density at radius 2 is 2.17 bits per heavy atom. The van der Waals surface area contributed by atoms with Gasteiger partial charge in [-0.05, 0) is 45.6 Å². The molecule has 2 heterocycles. The van der Waals surface area contributed by atoms with Crippen LogP contribution in [0.3, 0.4) is 0 Å². The number of carboxylic acids is 1. The third kappa shape index (κ3) is 2.80. The highest BCUT2D eigenvalue weighted by molar-refractivity contribution is 5.94. The number of carbonyl (C=O) groups excluding carboxylic acids is 1. The topological polar surface area (TPSA) is 57.6 Å². The SMILES string of the molecule is CC(=O)C1=CCCC2CCC1N2CCCC(=O)O. The summed E-state index contributed by atoms with van der Waals surface area (Å²) in [5.41, 5.74) is 0.949. The highest BCUT2D eigenvalue weighted by Crippen LogP contribution is 2.35. The number of hydrogen-bond donors (Lipinski definition) is 1. The molecule has 1 fully saturated rings. The average molecular weight is 251 g/mol. The maximum Gasteiger partial charge on any atom is 0.303 e. The molecule has 0 saturated carbocycles. The van der Waals surface area contributed by atoms with Gasteiger partial charge in [-0.3, -0.25) is 14.5 Å². The molecule has 0 aromatic carbocycles. The molecule has 2 bridgehead atoms. The number of nitrogens with zero attached hydrogens (tertiary/aromatic N) is 1. The molecule has 2 rings (SSSR count). The van der Waals surface area contributed by atoms with Crippen molar-refractivity contribution in [2.45, 2.75) is 57.5 Å². The number of allylic oxidation sites excluding steroid dienone is 1. The number of hydrogen-bond acceptors (Lipinski definition) is 3. The second-order valence-electron chi connectivity index (χ2n) is 5.28. The van der Waals surface area contributed by atoms with Crippen LogP contribution in [-0.2, 0) is 9.59 Å². The molecule has 18 heavy (non-hydrogen) atoms. The van der Waals surface area contributed by atoms with Gasteiger partial charge < -0.3 is 5.11 Å². The summed E-state index contributed by atoms with van der Waals surface area (Å²) in [6, 6.07) is 0.778. The maximum absolute atomic E-state index is 11.7. The fourth-order valence-corrected chi connectivity index (χ4v) is 3.28. The summed E-state index contributed by atoms with van der Waals surface area (Å²) >= 11 is 0. The highest BCUT2D eigenvalue weighted by atomic mass is 16.4. The summed E-state index contributed by atoms with van der Waals surface area (Å²) in [7, 11) is 0. The average Bonchev–Trinajstić information content (AvgIpc) is 2.53. The zero-order valence-electron chi connectivity index (χ0n) is 10.9. The van der Waals surface area contributed by atoms with Crippen LogP contribution in [0.5, 0.6) is 0 Å². The molecule has 100 valence electrons. The Kier molecular flexibility index (Phi) is 4.17. The molecule has 2 aliphatic heterocycles. The molecule has 0 aromatic rings. The van der Waals surface area contributed by atoms with Gasteiger partial charge in [-0.2, -0.15) is 0 Å². The van der Waals surface area contributed by atoms with E-state index >= 15 is 0 Å². The van der Waals surface area contributed by atoms with Gasteiger partial charge in [0, 0.05) is 24.1 Å². The third-order valence-electron chi connectivity index (χ3n) is 4.08. The van der Waals surface area contributed by atoms with E-state index in [0.29, 0.717) is 12.5 Å². The Hall–Kier alpha value is -1.16. The standard InChI is InChI=1S/C14H21NO3/c1-10(16)12-5-2-4-11-7-8-13(12)15(11)9-3-6-14(17)18/h5,11,13H,2-4,6-9H2,1H3,(H,17,18). The van der Waals surface area contributed by atoms with Gasteiger partial charge in [0.25, 0.3) is 0 Å². The third-order valence-corrected chi connectivity index (χ3v) is 4.08. The van der Waals surface area contributed by atoms with Crippen molar-refractivity contribution in [1.82, 2.24) is 4.90 Å². The van der Waals surface area contributed by atoms with Gasteiger partial charge in [-0.1, -0.05) is 6.08 Å². The van der Waals surface area contributed by atoms with E-state index in [0.717, 1.165) is 37.8 Å². The summed E-state index contributed by atoms with van der Waals surface area (Å²) in [6.45, 7) is 2.44. The fraction of sp³-hybridized carbons (Fsp3) is 0.714. The summed E-state index contributed by atoms with van der Waals surface area (Å²) < 4.78 is 0. The van der Waals surface area contributed by atoms with E-state index in [1.54, 1.807) is 6.92 Å². The number of Topliss-reactive ketones (excluding diaryl/α,β-unsaturated/α-hetero) is 1. The van der Waals surface area contributed by atoms with Crippen LogP contribution in [0.15, 0.2) is 11.6 Å². The van der Waals surface area contributed by atoms with Crippen molar-refractivity contribution < 1.29 is 14.7 Å². The van der Waals surface area contributed by atoms with Gasteiger partial charge in [0.1, 0.15) is 0 Å². The normalized spacial score (nSPS) is 27.7. The van der Waals surface area contributed by atoms with E-state index in [4.69, 9.17) is 5.11 Å². The van der Waals surface area contributed by atoms with Crippen LogP contribution in [0.4, 0.5) is 0 Å². The number of carbonyl (C=O) groups is 2.